The summed E-state index contributed by atoms with van der Waals surface area (Å²) in [6.07, 6.45) is 3.69. The van der Waals surface area contributed by atoms with Crippen LogP contribution in [0, 0.1) is 6.92 Å². The lowest BCUT2D eigenvalue weighted by molar-refractivity contribution is 0.144. The van der Waals surface area contributed by atoms with Crippen LogP contribution in [0.25, 0.3) is 22.4 Å². The van der Waals surface area contributed by atoms with Gasteiger partial charge in [-0.1, -0.05) is 29.8 Å². The zero-order valence-electron chi connectivity index (χ0n) is 23.7. The first kappa shape index (κ1) is 29.0. The van der Waals surface area contributed by atoms with E-state index in [0.717, 1.165) is 40.4 Å². The van der Waals surface area contributed by atoms with E-state index in [9.17, 15) is 0 Å². The van der Waals surface area contributed by atoms with E-state index in [-0.39, 0.29) is 11.5 Å². The van der Waals surface area contributed by atoms with Gasteiger partial charge >= 0.3 is 0 Å². The van der Waals surface area contributed by atoms with E-state index in [1.807, 2.05) is 29.1 Å². The summed E-state index contributed by atoms with van der Waals surface area (Å²) in [5.74, 6) is 2.11. The second-order valence-electron chi connectivity index (χ2n) is 9.86. The number of furan rings is 1. The predicted molar refractivity (Wildman–Crippen MR) is 169 cm³/mol. The van der Waals surface area contributed by atoms with Crippen LogP contribution in [0.15, 0.2) is 63.6 Å². The molecule has 3 unspecified atom stereocenters. The Morgan fingerprint density at radius 2 is 1.98 bits per heavy atom. The van der Waals surface area contributed by atoms with E-state index in [4.69, 9.17) is 33.3 Å². The molecule has 4 heterocycles. The van der Waals surface area contributed by atoms with E-state index < -0.39 is 0 Å². The third kappa shape index (κ3) is 6.31. The van der Waals surface area contributed by atoms with Crippen LogP contribution in [0.5, 0.6) is 11.5 Å². The van der Waals surface area contributed by atoms with Crippen molar-refractivity contribution in [3.63, 3.8) is 0 Å². The second-order valence-corrected chi connectivity index (χ2v) is 12.4. The summed E-state index contributed by atoms with van der Waals surface area (Å²) in [6.45, 7) is 3.85. The molecule has 5 aromatic rings. The number of benzene rings is 2. The minimum atomic E-state index is -0.159. The number of rotatable bonds is 13. The molecule has 0 fully saturated rings. The SMILES string of the molecule is COc1cc(OCc2csc(C(CCOCCP)c3ccc(C)cc3)n2)c2cc(-c3cn4c(n3)SC(OC)N4)oc2c1. The van der Waals surface area contributed by atoms with Gasteiger partial charge in [-0.2, -0.15) is 0 Å². The maximum Gasteiger partial charge on any atom is 0.196 e. The number of aryl methyl sites for hydroxylation is 1. The van der Waals surface area contributed by atoms with Crippen molar-refractivity contribution in [3.05, 3.63) is 75.9 Å². The Morgan fingerprint density at radius 3 is 2.74 bits per heavy atom. The molecule has 3 atom stereocenters. The summed E-state index contributed by atoms with van der Waals surface area (Å²) in [5, 5.41) is 4.78. The van der Waals surface area contributed by atoms with Crippen LogP contribution in [0.1, 0.15) is 34.2 Å². The fourth-order valence-electron chi connectivity index (χ4n) is 4.76. The van der Waals surface area contributed by atoms with Gasteiger partial charge in [-0.15, -0.1) is 20.6 Å². The number of imidazole rings is 1. The quantitative estimate of drug-likeness (QED) is 0.114. The highest BCUT2D eigenvalue weighted by atomic mass is 32.2. The molecule has 0 radical (unpaired) electrons. The molecule has 0 spiro atoms. The molecule has 1 aliphatic rings. The number of hydrogen-bond donors (Lipinski definition) is 1. The molecule has 9 nitrogen and oxygen atoms in total. The fourth-order valence-corrected chi connectivity index (χ4v) is 6.72. The van der Waals surface area contributed by atoms with E-state index in [1.54, 1.807) is 25.6 Å². The third-order valence-corrected chi connectivity index (χ3v) is 9.20. The molecule has 12 heteroatoms. The number of nitrogens with one attached hydrogen (secondary N) is 1. The van der Waals surface area contributed by atoms with Gasteiger partial charge in [0, 0.05) is 37.1 Å². The standard InChI is InChI=1S/C30H33N4O5PS2/c1-18-4-6-19(7-5-18)22(8-9-37-10-11-40)28-31-20(17-41-28)16-38-25-12-21(35-2)13-26-23(25)14-27(39-26)24-15-34-29(32-24)42-30(33-34)36-3/h4-7,12-15,17,22,30,33H,8-11,16,40H2,1-3H3. The summed E-state index contributed by atoms with van der Waals surface area (Å²) < 4.78 is 31.1. The number of nitrogens with zero attached hydrogens (tertiary/aromatic N) is 3. The molecule has 3 aromatic heterocycles. The molecule has 2 aromatic carbocycles. The van der Waals surface area contributed by atoms with E-state index >= 15 is 0 Å². The van der Waals surface area contributed by atoms with Gasteiger partial charge in [0.15, 0.2) is 16.5 Å². The Bertz CT molecular complexity index is 1630. The maximum absolute atomic E-state index is 6.33. The molecule has 0 saturated carbocycles. The molecule has 1 aliphatic heterocycles. The highest BCUT2D eigenvalue weighted by Gasteiger charge is 2.25. The Morgan fingerprint density at radius 1 is 1.12 bits per heavy atom. The fraction of sp³-hybridized carbons (Fsp3) is 0.333. The van der Waals surface area contributed by atoms with Gasteiger partial charge in [-0.05, 0) is 42.9 Å². The summed E-state index contributed by atoms with van der Waals surface area (Å²) in [6, 6.07) is 14.4. The van der Waals surface area contributed by atoms with Gasteiger partial charge in [0.05, 0.1) is 31.0 Å². The topological polar surface area (TPSA) is 92.8 Å². The lowest BCUT2D eigenvalue weighted by Gasteiger charge is -2.15. The van der Waals surface area contributed by atoms with Crippen LogP contribution in [0.4, 0.5) is 0 Å². The van der Waals surface area contributed by atoms with Crippen LogP contribution < -0.4 is 14.9 Å². The Hall–Kier alpha value is -3.08. The number of thiazole rings is 1. The number of ether oxygens (including phenoxy) is 4. The van der Waals surface area contributed by atoms with Gasteiger partial charge in [-0.25, -0.2) is 14.6 Å². The number of fused-ring (bicyclic) bond motifs is 2. The molecule has 0 aliphatic carbocycles. The van der Waals surface area contributed by atoms with Crippen LogP contribution in [-0.2, 0) is 16.1 Å². The first-order chi connectivity index (χ1) is 20.5. The average Bonchev–Trinajstić information content (AvgIpc) is 3.79. The van der Waals surface area contributed by atoms with Gasteiger partial charge in [-0.3, -0.25) is 5.43 Å². The Kier molecular flexibility index (Phi) is 9.02. The highest BCUT2D eigenvalue weighted by molar-refractivity contribution is 7.99. The zero-order chi connectivity index (χ0) is 29.1. The minimum Gasteiger partial charge on any atom is -0.496 e. The van der Waals surface area contributed by atoms with Crippen molar-refractivity contribution >= 4 is 43.3 Å². The van der Waals surface area contributed by atoms with Crippen LogP contribution in [0.2, 0.25) is 0 Å². The van der Waals surface area contributed by atoms with Gasteiger partial charge in [0.2, 0.25) is 0 Å². The van der Waals surface area contributed by atoms with Crippen LogP contribution >= 0.6 is 32.3 Å². The highest BCUT2D eigenvalue weighted by Crippen LogP contribution is 2.39. The van der Waals surface area contributed by atoms with E-state index in [1.165, 1.54) is 22.9 Å². The smallest absolute Gasteiger partial charge is 0.196 e. The van der Waals surface area contributed by atoms with E-state index in [2.05, 4.69) is 51.2 Å². The van der Waals surface area contributed by atoms with Crippen molar-refractivity contribution in [1.29, 1.82) is 0 Å². The largest absolute Gasteiger partial charge is 0.496 e. The van der Waals surface area contributed by atoms with Crippen LogP contribution in [-0.4, -0.2) is 53.8 Å². The zero-order valence-corrected chi connectivity index (χ0v) is 26.5. The van der Waals surface area contributed by atoms with Crippen molar-refractivity contribution in [2.24, 2.45) is 0 Å². The summed E-state index contributed by atoms with van der Waals surface area (Å²) in [5.41, 5.74) is 7.79. The Labute approximate surface area is 255 Å². The first-order valence-electron chi connectivity index (χ1n) is 13.6. The first-order valence-corrected chi connectivity index (χ1v) is 16.2. The molecule has 6 rings (SSSR count). The molecule has 1 N–H and O–H groups in total. The van der Waals surface area contributed by atoms with Crippen molar-refractivity contribution < 1.29 is 23.4 Å². The van der Waals surface area contributed by atoms with E-state index in [0.29, 0.717) is 41.7 Å². The maximum atomic E-state index is 6.33. The molecular formula is C30H33N4O5PS2. The number of thioether (sulfide) groups is 1. The van der Waals surface area contributed by atoms with Crippen molar-refractivity contribution in [3.8, 4) is 23.0 Å². The lowest BCUT2D eigenvalue weighted by Crippen LogP contribution is -2.19. The average molecular weight is 625 g/mol. The lowest BCUT2D eigenvalue weighted by atomic mass is 9.96. The monoisotopic (exact) mass is 624 g/mol. The molecule has 0 saturated heterocycles. The Balaban J connectivity index is 1.21. The summed E-state index contributed by atoms with van der Waals surface area (Å²) in [4.78, 5) is 9.69. The van der Waals surface area contributed by atoms with Gasteiger partial charge in [0.1, 0.15) is 34.4 Å². The molecule has 220 valence electrons. The van der Waals surface area contributed by atoms with Crippen molar-refractivity contribution in [1.82, 2.24) is 14.6 Å². The van der Waals surface area contributed by atoms with Gasteiger partial charge in [0.25, 0.3) is 0 Å². The molecule has 42 heavy (non-hydrogen) atoms. The molecular weight excluding hydrogens is 591 g/mol. The summed E-state index contributed by atoms with van der Waals surface area (Å²) in [7, 11) is 5.99. The minimum absolute atomic E-state index is 0.159. The third-order valence-electron chi connectivity index (χ3n) is 6.94. The molecule has 0 bridgehead atoms. The number of aromatic nitrogens is 3. The second kappa shape index (κ2) is 13.1. The number of hydrogen-bond acceptors (Lipinski definition) is 10. The van der Waals surface area contributed by atoms with Crippen molar-refractivity contribution in [2.75, 3.05) is 39.0 Å². The van der Waals surface area contributed by atoms with Gasteiger partial charge < -0.3 is 23.4 Å². The summed E-state index contributed by atoms with van der Waals surface area (Å²) >= 11 is 3.16. The number of methoxy groups -OCH3 is 2. The van der Waals surface area contributed by atoms with Crippen LogP contribution in [0.3, 0.4) is 0 Å². The predicted octanol–water partition coefficient (Wildman–Crippen LogP) is 6.64. The normalized spacial score (nSPS) is 15.1. The molecule has 0 amide bonds. The van der Waals surface area contributed by atoms with Crippen molar-refractivity contribution in [2.45, 2.75) is 36.6 Å².